The number of benzene rings is 1. The SMILES string of the molecule is O=C(O)CC=Cc1cccc(CCO)c1. The number of aliphatic hydroxyl groups is 1. The molecule has 1 aromatic rings. The molecule has 0 radical (unpaired) electrons. The third kappa shape index (κ3) is 4.42. The highest BCUT2D eigenvalue weighted by Crippen LogP contribution is 2.08. The largest absolute Gasteiger partial charge is 0.481 e. The van der Waals surface area contributed by atoms with Gasteiger partial charge in [0.25, 0.3) is 0 Å². The molecule has 0 saturated carbocycles. The molecule has 0 saturated heterocycles. The summed E-state index contributed by atoms with van der Waals surface area (Å²) in [6, 6.07) is 7.67. The van der Waals surface area contributed by atoms with Crippen molar-refractivity contribution in [2.24, 2.45) is 0 Å². The summed E-state index contributed by atoms with van der Waals surface area (Å²) in [6.07, 6.45) is 4.04. The number of hydrogen-bond acceptors (Lipinski definition) is 2. The first kappa shape index (κ1) is 11.5. The van der Waals surface area contributed by atoms with Crippen LogP contribution >= 0.6 is 0 Å². The van der Waals surface area contributed by atoms with Gasteiger partial charge in [-0.15, -0.1) is 0 Å². The van der Waals surface area contributed by atoms with Gasteiger partial charge in [-0.2, -0.15) is 0 Å². The van der Waals surface area contributed by atoms with Gasteiger partial charge in [-0.3, -0.25) is 4.79 Å². The minimum atomic E-state index is -0.835. The van der Waals surface area contributed by atoms with Crippen molar-refractivity contribution < 1.29 is 15.0 Å². The number of carbonyl (C=O) groups is 1. The lowest BCUT2D eigenvalue weighted by atomic mass is 10.1. The van der Waals surface area contributed by atoms with Crippen LogP contribution in [0.15, 0.2) is 30.3 Å². The van der Waals surface area contributed by atoms with Crippen molar-refractivity contribution in [1.82, 2.24) is 0 Å². The van der Waals surface area contributed by atoms with Gasteiger partial charge in [0.1, 0.15) is 0 Å². The molecular weight excluding hydrogens is 192 g/mol. The van der Waals surface area contributed by atoms with Gasteiger partial charge in [-0.25, -0.2) is 0 Å². The Morgan fingerprint density at radius 1 is 1.40 bits per heavy atom. The molecule has 0 aliphatic heterocycles. The molecule has 0 heterocycles. The molecular formula is C12H14O3. The second-order valence-electron chi connectivity index (χ2n) is 3.22. The molecule has 80 valence electrons. The number of aliphatic hydroxyl groups excluding tert-OH is 1. The third-order valence-electron chi connectivity index (χ3n) is 1.95. The molecule has 15 heavy (non-hydrogen) atoms. The fraction of sp³-hybridized carbons (Fsp3) is 0.250. The van der Waals surface area contributed by atoms with Crippen molar-refractivity contribution in [3.63, 3.8) is 0 Å². The van der Waals surface area contributed by atoms with Gasteiger partial charge >= 0.3 is 5.97 Å². The summed E-state index contributed by atoms with van der Waals surface area (Å²) in [7, 11) is 0. The van der Waals surface area contributed by atoms with Crippen molar-refractivity contribution in [3.8, 4) is 0 Å². The Bertz CT molecular complexity index is 356. The van der Waals surface area contributed by atoms with Crippen LogP contribution < -0.4 is 0 Å². The van der Waals surface area contributed by atoms with E-state index in [0.717, 1.165) is 11.1 Å². The summed E-state index contributed by atoms with van der Waals surface area (Å²) >= 11 is 0. The highest BCUT2D eigenvalue weighted by atomic mass is 16.4. The minimum absolute atomic E-state index is 0.0320. The second-order valence-corrected chi connectivity index (χ2v) is 3.22. The van der Waals surface area contributed by atoms with Crippen molar-refractivity contribution in [2.45, 2.75) is 12.8 Å². The Labute approximate surface area is 88.7 Å². The summed E-state index contributed by atoms with van der Waals surface area (Å²) in [5.74, 6) is -0.835. The van der Waals surface area contributed by atoms with Gasteiger partial charge in [0, 0.05) is 6.61 Å². The normalized spacial score (nSPS) is 10.7. The standard InChI is InChI=1S/C12H14O3/c13-8-7-11-4-1-3-10(9-11)5-2-6-12(14)15/h1-5,9,13H,6-8H2,(H,14,15). The smallest absolute Gasteiger partial charge is 0.307 e. The zero-order valence-electron chi connectivity index (χ0n) is 8.39. The maximum atomic E-state index is 10.3. The maximum absolute atomic E-state index is 10.3. The summed E-state index contributed by atoms with van der Waals surface area (Å²) in [5.41, 5.74) is 2.01. The van der Waals surface area contributed by atoms with E-state index in [4.69, 9.17) is 10.2 Å². The molecule has 0 aliphatic carbocycles. The molecule has 0 aromatic heterocycles. The maximum Gasteiger partial charge on any atom is 0.307 e. The fourth-order valence-electron chi connectivity index (χ4n) is 1.28. The van der Waals surface area contributed by atoms with E-state index in [1.165, 1.54) is 0 Å². The first-order chi connectivity index (χ1) is 7.22. The Hall–Kier alpha value is -1.61. The molecule has 0 fully saturated rings. The van der Waals surface area contributed by atoms with Crippen molar-refractivity contribution >= 4 is 12.0 Å². The number of aliphatic carboxylic acids is 1. The van der Waals surface area contributed by atoms with E-state index in [2.05, 4.69) is 0 Å². The van der Waals surface area contributed by atoms with Gasteiger partial charge in [0.2, 0.25) is 0 Å². The van der Waals surface area contributed by atoms with Crippen LogP contribution in [-0.4, -0.2) is 22.8 Å². The van der Waals surface area contributed by atoms with Crippen LogP contribution in [0.1, 0.15) is 17.5 Å². The van der Waals surface area contributed by atoms with Crippen molar-refractivity contribution in [3.05, 3.63) is 41.5 Å². The van der Waals surface area contributed by atoms with E-state index in [9.17, 15) is 4.79 Å². The Morgan fingerprint density at radius 2 is 2.20 bits per heavy atom. The third-order valence-corrected chi connectivity index (χ3v) is 1.95. The fourth-order valence-corrected chi connectivity index (χ4v) is 1.28. The molecule has 3 heteroatoms. The lowest BCUT2D eigenvalue weighted by Crippen LogP contribution is -1.91. The van der Waals surface area contributed by atoms with E-state index in [-0.39, 0.29) is 13.0 Å². The molecule has 0 atom stereocenters. The summed E-state index contributed by atoms with van der Waals surface area (Å²) in [4.78, 5) is 10.3. The van der Waals surface area contributed by atoms with Gasteiger partial charge < -0.3 is 10.2 Å². The zero-order valence-corrected chi connectivity index (χ0v) is 8.39. The second kappa shape index (κ2) is 5.98. The molecule has 3 nitrogen and oxygen atoms in total. The van der Waals surface area contributed by atoms with Gasteiger partial charge in [0.15, 0.2) is 0 Å². The van der Waals surface area contributed by atoms with Gasteiger partial charge in [0.05, 0.1) is 6.42 Å². The predicted octanol–water partition coefficient (Wildman–Crippen LogP) is 1.71. The van der Waals surface area contributed by atoms with Crippen molar-refractivity contribution in [2.75, 3.05) is 6.61 Å². The lowest BCUT2D eigenvalue weighted by Gasteiger charge is -1.99. The average molecular weight is 206 g/mol. The average Bonchev–Trinajstić information content (AvgIpc) is 2.18. The van der Waals surface area contributed by atoms with Crippen LogP contribution in [0.3, 0.4) is 0 Å². The van der Waals surface area contributed by atoms with Gasteiger partial charge in [-0.1, -0.05) is 36.4 Å². The summed E-state index contributed by atoms with van der Waals surface area (Å²) in [6.45, 7) is 0.127. The van der Waals surface area contributed by atoms with Gasteiger partial charge in [-0.05, 0) is 17.5 Å². The number of carboxylic acids is 1. The Morgan fingerprint density at radius 3 is 2.87 bits per heavy atom. The highest BCUT2D eigenvalue weighted by molar-refractivity contribution is 5.70. The minimum Gasteiger partial charge on any atom is -0.481 e. The van der Waals surface area contributed by atoms with Crippen LogP contribution in [0.25, 0.3) is 6.08 Å². The number of carboxylic acid groups (broad SMARTS) is 1. The quantitative estimate of drug-likeness (QED) is 0.771. The molecule has 0 spiro atoms. The Kier molecular flexibility index (Phi) is 4.57. The molecule has 0 bridgehead atoms. The molecule has 2 N–H and O–H groups in total. The summed E-state index contributed by atoms with van der Waals surface area (Å²) in [5, 5.41) is 17.2. The monoisotopic (exact) mass is 206 g/mol. The van der Waals surface area contributed by atoms with E-state index in [0.29, 0.717) is 6.42 Å². The van der Waals surface area contributed by atoms with E-state index < -0.39 is 5.97 Å². The van der Waals surface area contributed by atoms with E-state index in [1.807, 2.05) is 24.3 Å². The van der Waals surface area contributed by atoms with E-state index >= 15 is 0 Å². The number of rotatable bonds is 5. The van der Waals surface area contributed by atoms with Crippen LogP contribution in [0.5, 0.6) is 0 Å². The zero-order chi connectivity index (χ0) is 11.1. The van der Waals surface area contributed by atoms with E-state index in [1.54, 1.807) is 12.2 Å². The highest BCUT2D eigenvalue weighted by Gasteiger charge is 1.93. The molecule has 0 unspecified atom stereocenters. The predicted molar refractivity (Wildman–Crippen MR) is 58.5 cm³/mol. The Balaban J connectivity index is 2.64. The molecule has 0 amide bonds. The summed E-state index contributed by atoms with van der Waals surface area (Å²) < 4.78 is 0. The first-order valence-corrected chi connectivity index (χ1v) is 4.80. The lowest BCUT2D eigenvalue weighted by molar-refractivity contribution is -0.135. The van der Waals surface area contributed by atoms with Crippen molar-refractivity contribution in [1.29, 1.82) is 0 Å². The number of hydrogen-bond donors (Lipinski definition) is 2. The van der Waals surface area contributed by atoms with Crippen LogP contribution in [-0.2, 0) is 11.2 Å². The van der Waals surface area contributed by atoms with Crippen LogP contribution in [0.2, 0.25) is 0 Å². The topological polar surface area (TPSA) is 57.5 Å². The first-order valence-electron chi connectivity index (χ1n) is 4.80. The molecule has 1 rings (SSSR count). The molecule has 1 aromatic carbocycles. The van der Waals surface area contributed by atoms with Crippen LogP contribution in [0, 0.1) is 0 Å². The molecule has 0 aliphatic rings. The van der Waals surface area contributed by atoms with Crippen LogP contribution in [0.4, 0.5) is 0 Å².